The summed E-state index contributed by atoms with van der Waals surface area (Å²) in [5, 5.41) is 9.27. The number of nitrogens with zero attached hydrogens (tertiary/aromatic N) is 4. The van der Waals surface area contributed by atoms with E-state index in [2.05, 4.69) is 49.5 Å². The van der Waals surface area contributed by atoms with Crippen LogP contribution in [0.1, 0.15) is 49.1 Å². The van der Waals surface area contributed by atoms with Gasteiger partial charge in [-0.25, -0.2) is 0 Å². The number of amides is 1. The van der Waals surface area contributed by atoms with Crippen molar-refractivity contribution in [3.8, 4) is 10.7 Å². The van der Waals surface area contributed by atoms with Crippen LogP contribution in [0, 0.1) is 5.92 Å². The molecule has 180 valence electrons. The van der Waals surface area contributed by atoms with Gasteiger partial charge in [0.15, 0.2) is 0 Å². The standard InChI is InChI=1S/C26H33N5O2S/c32-26(27-17-20-6-4-7-21(16-20)18-30-11-2-1-3-12-30)22-9-13-31(14-10-22)19-24-28-25(29-33-24)23-8-5-15-34-23/h4-8,15-16,22H,1-3,9-14,17-19H2,(H,27,32). The molecule has 0 radical (unpaired) electrons. The van der Waals surface area contributed by atoms with Crippen molar-refractivity contribution in [2.45, 2.75) is 51.7 Å². The normalized spacial score (nSPS) is 18.2. The fourth-order valence-electron chi connectivity index (χ4n) is 4.92. The van der Waals surface area contributed by atoms with Gasteiger partial charge in [0, 0.05) is 19.0 Å². The Hall–Kier alpha value is -2.55. The summed E-state index contributed by atoms with van der Waals surface area (Å²) in [4.78, 5) is 23.2. The zero-order chi connectivity index (χ0) is 23.2. The smallest absolute Gasteiger partial charge is 0.241 e. The number of hydrogen-bond acceptors (Lipinski definition) is 7. The number of likely N-dealkylation sites (tertiary alicyclic amines) is 2. The Balaban J connectivity index is 1.05. The van der Waals surface area contributed by atoms with E-state index in [0.29, 0.717) is 24.8 Å². The van der Waals surface area contributed by atoms with Crippen LogP contribution in [0.25, 0.3) is 10.7 Å². The van der Waals surface area contributed by atoms with Gasteiger partial charge in [-0.1, -0.05) is 41.9 Å². The number of carbonyl (C=O) groups is 1. The van der Waals surface area contributed by atoms with Crippen LogP contribution in [-0.2, 0) is 24.4 Å². The predicted molar refractivity (Wildman–Crippen MR) is 133 cm³/mol. The van der Waals surface area contributed by atoms with Crippen molar-refractivity contribution in [3.05, 3.63) is 58.8 Å². The molecule has 0 spiro atoms. The number of carbonyl (C=O) groups excluding carboxylic acids is 1. The van der Waals surface area contributed by atoms with Crippen LogP contribution in [0.15, 0.2) is 46.3 Å². The van der Waals surface area contributed by atoms with Crippen LogP contribution < -0.4 is 5.32 Å². The lowest BCUT2D eigenvalue weighted by atomic mass is 9.96. The Labute approximate surface area is 205 Å². The summed E-state index contributed by atoms with van der Waals surface area (Å²) in [7, 11) is 0. The lowest BCUT2D eigenvalue weighted by Crippen LogP contribution is -2.40. The highest BCUT2D eigenvalue weighted by Gasteiger charge is 2.26. The minimum atomic E-state index is 0.0668. The van der Waals surface area contributed by atoms with Gasteiger partial charge in [0.25, 0.3) is 0 Å². The second kappa shape index (κ2) is 11.3. The zero-order valence-corrected chi connectivity index (χ0v) is 20.4. The molecule has 1 aromatic carbocycles. The average molecular weight is 480 g/mol. The van der Waals surface area contributed by atoms with E-state index in [-0.39, 0.29) is 11.8 Å². The Morgan fingerprint density at radius 3 is 2.59 bits per heavy atom. The van der Waals surface area contributed by atoms with E-state index >= 15 is 0 Å². The number of piperidine rings is 2. The van der Waals surface area contributed by atoms with Crippen molar-refractivity contribution >= 4 is 17.2 Å². The molecular formula is C26H33N5O2S. The summed E-state index contributed by atoms with van der Waals surface area (Å²) >= 11 is 1.61. The molecular weight excluding hydrogens is 446 g/mol. The highest BCUT2D eigenvalue weighted by Crippen LogP contribution is 2.23. The summed E-state index contributed by atoms with van der Waals surface area (Å²) < 4.78 is 5.43. The van der Waals surface area contributed by atoms with Crippen LogP contribution in [0.2, 0.25) is 0 Å². The van der Waals surface area contributed by atoms with Crippen LogP contribution in [0.5, 0.6) is 0 Å². The second-order valence-electron chi connectivity index (χ2n) is 9.41. The quantitative estimate of drug-likeness (QED) is 0.519. The molecule has 4 heterocycles. The lowest BCUT2D eigenvalue weighted by Gasteiger charge is -2.30. The van der Waals surface area contributed by atoms with Gasteiger partial charge >= 0.3 is 0 Å². The Kier molecular flexibility index (Phi) is 7.68. The SMILES string of the molecule is O=C(NCc1cccc(CN2CCCCC2)c1)C1CCN(Cc2nc(-c3cccs3)no2)CC1. The van der Waals surface area contributed by atoms with Gasteiger partial charge < -0.3 is 9.84 Å². The van der Waals surface area contributed by atoms with Gasteiger partial charge in [0.1, 0.15) is 0 Å². The lowest BCUT2D eigenvalue weighted by molar-refractivity contribution is -0.126. The molecule has 5 rings (SSSR count). The molecule has 2 aromatic heterocycles. The molecule has 2 fully saturated rings. The van der Waals surface area contributed by atoms with Crippen LogP contribution in [0.3, 0.4) is 0 Å². The molecule has 7 nitrogen and oxygen atoms in total. The molecule has 2 aliphatic heterocycles. The Morgan fingerprint density at radius 2 is 1.79 bits per heavy atom. The fourth-order valence-corrected chi connectivity index (χ4v) is 5.57. The van der Waals surface area contributed by atoms with E-state index in [9.17, 15) is 4.79 Å². The van der Waals surface area contributed by atoms with Gasteiger partial charge in [0.05, 0.1) is 11.4 Å². The van der Waals surface area contributed by atoms with Crippen LogP contribution >= 0.6 is 11.3 Å². The van der Waals surface area contributed by atoms with Crippen molar-refractivity contribution in [2.24, 2.45) is 5.92 Å². The zero-order valence-electron chi connectivity index (χ0n) is 19.6. The maximum Gasteiger partial charge on any atom is 0.241 e. The van der Waals surface area contributed by atoms with Crippen molar-refractivity contribution in [1.82, 2.24) is 25.3 Å². The Morgan fingerprint density at radius 1 is 1.00 bits per heavy atom. The van der Waals surface area contributed by atoms with Crippen LogP contribution in [-0.4, -0.2) is 52.0 Å². The van der Waals surface area contributed by atoms with E-state index in [1.54, 1.807) is 11.3 Å². The summed E-state index contributed by atoms with van der Waals surface area (Å²) in [6.45, 7) is 6.36. The predicted octanol–water partition coefficient (Wildman–Crippen LogP) is 4.31. The third-order valence-electron chi connectivity index (χ3n) is 6.84. The van der Waals surface area contributed by atoms with E-state index in [0.717, 1.165) is 37.4 Å². The highest BCUT2D eigenvalue weighted by molar-refractivity contribution is 7.13. The first-order chi connectivity index (χ1) is 16.7. The molecule has 0 saturated carbocycles. The molecule has 0 unspecified atom stereocenters. The van der Waals surface area contributed by atoms with Gasteiger partial charge in [-0.15, -0.1) is 11.3 Å². The van der Waals surface area contributed by atoms with Crippen LogP contribution in [0.4, 0.5) is 0 Å². The van der Waals surface area contributed by atoms with Crippen molar-refractivity contribution < 1.29 is 9.32 Å². The Bertz CT molecular complexity index is 1050. The molecule has 3 aromatic rings. The first-order valence-corrected chi connectivity index (χ1v) is 13.3. The topological polar surface area (TPSA) is 74.5 Å². The molecule has 2 saturated heterocycles. The third kappa shape index (κ3) is 6.11. The highest BCUT2D eigenvalue weighted by atomic mass is 32.1. The molecule has 0 bridgehead atoms. The monoisotopic (exact) mass is 479 g/mol. The summed E-state index contributed by atoms with van der Waals surface area (Å²) in [5.74, 6) is 1.52. The summed E-state index contributed by atoms with van der Waals surface area (Å²) in [5.41, 5.74) is 2.52. The number of benzene rings is 1. The average Bonchev–Trinajstić information content (AvgIpc) is 3.56. The number of thiophene rings is 1. The van der Waals surface area contributed by atoms with Crippen molar-refractivity contribution in [1.29, 1.82) is 0 Å². The molecule has 2 aliphatic rings. The minimum Gasteiger partial charge on any atom is -0.352 e. The largest absolute Gasteiger partial charge is 0.352 e. The molecule has 34 heavy (non-hydrogen) atoms. The van der Waals surface area contributed by atoms with E-state index in [1.165, 1.54) is 43.5 Å². The summed E-state index contributed by atoms with van der Waals surface area (Å²) in [6, 6.07) is 12.6. The third-order valence-corrected chi connectivity index (χ3v) is 7.71. The van der Waals surface area contributed by atoms with Gasteiger partial charge in [-0.05, 0) is 74.4 Å². The number of rotatable bonds is 8. The first-order valence-electron chi connectivity index (χ1n) is 12.4. The number of aromatic nitrogens is 2. The van der Waals surface area contributed by atoms with Gasteiger partial charge in [-0.2, -0.15) is 4.98 Å². The van der Waals surface area contributed by atoms with E-state index in [1.807, 2.05) is 17.5 Å². The molecule has 1 N–H and O–H groups in total. The first kappa shape index (κ1) is 23.2. The molecule has 1 amide bonds. The van der Waals surface area contributed by atoms with Gasteiger partial charge in [0.2, 0.25) is 17.6 Å². The molecule has 8 heteroatoms. The molecule has 0 aliphatic carbocycles. The fraction of sp³-hybridized carbons (Fsp3) is 0.500. The van der Waals surface area contributed by atoms with Crippen molar-refractivity contribution in [2.75, 3.05) is 26.2 Å². The van der Waals surface area contributed by atoms with E-state index < -0.39 is 0 Å². The number of nitrogens with one attached hydrogen (secondary N) is 1. The maximum atomic E-state index is 12.8. The van der Waals surface area contributed by atoms with Crippen molar-refractivity contribution in [3.63, 3.8) is 0 Å². The summed E-state index contributed by atoms with van der Waals surface area (Å²) in [6.07, 6.45) is 5.67. The molecule has 0 atom stereocenters. The van der Waals surface area contributed by atoms with Gasteiger partial charge in [-0.3, -0.25) is 14.6 Å². The number of hydrogen-bond donors (Lipinski definition) is 1. The second-order valence-corrected chi connectivity index (χ2v) is 10.4. The minimum absolute atomic E-state index is 0.0668. The van der Waals surface area contributed by atoms with E-state index in [4.69, 9.17) is 4.52 Å². The maximum absolute atomic E-state index is 12.8.